The zero-order valence-corrected chi connectivity index (χ0v) is 22.9. The van der Waals surface area contributed by atoms with Gasteiger partial charge in [0, 0.05) is 11.3 Å². The largest absolute Gasteiger partial charge is 2.00 e. The van der Waals surface area contributed by atoms with Gasteiger partial charge in [-0.2, -0.15) is 0 Å². The van der Waals surface area contributed by atoms with Gasteiger partial charge in [-0.05, 0) is 59.6 Å². The van der Waals surface area contributed by atoms with Gasteiger partial charge < -0.3 is 24.8 Å². The Bertz CT molecular complexity index is 1160. The monoisotopic (exact) mass is 548 g/mol. The van der Waals surface area contributed by atoms with Crippen LogP contribution in [0.4, 0.5) is 0 Å². The van der Waals surface area contributed by atoms with Crippen molar-refractivity contribution in [2.45, 2.75) is 37.5 Å². The minimum atomic E-state index is -0.0892. The first-order valence-corrected chi connectivity index (χ1v) is 11.0. The number of fused-ring (bicyclic) bond motifs is 3. The smallest absolute Gasteiger partial charge is 1.00 e. The normalized spacial score (nSPS) is 16.8. The van der Waals surface area contributed by atoms with Crippen LogP contribution >= 0.6 is 0 Å². The Kier molecular flexibility index (Phi) is 9.74. The molecule has 3 aromatic carbocycles. The first kappa shape index (κ1) is 27.6. The van der Waals surface area contributed by atoms with Crippen molar-refractivity contribution in [3.63, 3.8) is 0 Å². The van der Waals surface area contributed by atoms with Crippen molar-refractivity contribution in [2.75, 3.05) is 0 Å². The molecule has 3 aromatic rings. The Morgan fingerprint density at radius 3 is 2.30 bits per heavy atom. The van der Waals surface area contributed by atoms with Crippen LogP contribution in [0.1, 0.15) is 47.4 Å². The van der Waals surface area contributed by atoms with E-state index in [1.54, 1.807) is 0 Å². The zero-order chi connectivity index (χ0) is 20.6. The molecular formula is C30H28Cl2Zr. The first-order chi connectivity index (χ1) is 14.8. The second-order valence-corrected chi connectivity index (χ2v) is 8.55. The number of hydrogen-bond acceptors (Lipinski definition) is 0. The van der Waals surface area contributed by atoms with Crippen molar-refractivity contribution in [1.82, 2.24) is 0 Å². The van der Waals surface area contributed by atoms with Gasteiger partial charge >= 0.3 is 26.2 Å². The number of benzene rings is 3. The fourth-order valence-electron chi connectivity index (χ4n) is 5.80. The maximum Gasteiger partial charge on any atom is 2.00 e. The van der Waals surface area contributed by atoms with Gasteiger partial charge in [-0.1, -0.05) is 103 Å². The van der Waals surface area contributed by atoms with Gasteiger partial charge in [0.15, 0.2) is 0 Å². The molecule has 5 rings (SSSR count). The third-order valence-electron chi connectivity index (χ3n) is 7.03. The second kappa shape index (κ2) is 11.7. The van der Waals surface area contributed by atoms with Crippen LogP contribution < -0.4 is 24.8 Å². The van der Waals surface area contributed by atoms with Crippen LogP contribution in [-0.4, -0.2) is 0 Å². The van der Waals surface area contributed by atoms with E-state index in [0.29, 0.717) is 5.92 Å². The summed E-state index contributed by atoms with van der Waals surface area (Å²) in [4.78, 5) is 0. The molecule has 2 atom stereocenters. The molecule has 0 heterocycles. The van der Waals surface area contributed by atoms with Gasteiger partial charge in [-0.15, -0.1) is 6.58 Å². The van der Waals surface area contributed by atoms with Crippen molar-refractivity contribution in [3.8, 4) is 11.1 Å². The molecule has 0 saturated heterocycles. The Labute approximate surface area is 229 Å². The van der Waals surface area contributed by atoms with Crippen molar-refractivity contribution in [2.24, 2.45) is 0 Å². The number of halogens is 2. The van der Waals surface area contributed by atoms with Gasteiger partial charge in [0.25, 0.3) is 0 Å². The van der Waals surface area contributed by atoms with Crippen molar-refractivity contribution in [3.05, 3.63) is 132 Å². The van der Waals surface area contributed by atoms with Gasteiger partial charge in [0.05, 0.1) is 0 Å². The number of rotatable bonds is 6. The summed E-state index contributed by atoms with van der Waals surface area (Å²) in [6.07, 6.45) is 12.1. The third-order valence-corrected chi connectivity index (χ3v) is 7.03. The zero-order valence-electron chi connectivity index (χ0n) is 18.9. The summed E-state index contributed by atoms with van der Waals surface area (Å²) in [7, 11) is 0. The fraction of sp³-hybridized carbons (Fsp3) is 0.200. The molecule has 166 valence electrons. The molecule has 0 bridgehead atoms. The van der Waals surface area contributed by atoms with Gasteiger partial charge in [0.2, 0.25) is 0 Å². The maximum atomic E-state index is 4.08. The molecule has 0 amide bonds. The molecular weight excluding hydrogens is 522 g/mol. The molecule has 0 aliphatic heterocycles. The van der Waals surface area contributed by atoms with Crippen LogP contribution in [0.15, 0.2) is 109 Å². The molecule has 0 aromatic heterocycles. The van der Waals surface area contributed by atoms with Crippen molar-refractivity contribution in [1.29, 1.82) is 0 Å². The Hall–Kier alpha value is -1.66. The molecule has 33 heavy (non-hydrogen) atoms. The molecule has 0 fully saturated rings. The van der Waals surface area contributed by atoms with E-state index in [1.165, 1.54) is 39.0 Å². The Morgan fingerprint density at radius 1 is 0.909 bits per heavy atom. The molecule has 3 heteroatoms. The summed E-state index contributed by atoms with van der Waals surface area (Å²) in [5.41, 5.74) is 9.98. The van der Waals surface area contributed by atoms with Crippen LogP contribution in [0.3, 0.4) is 0 Å². The van der Waals surface area contributed by atoms with E-state index in [2.05, 4.69) is 111 Å². The molecule has 0 saturated carbocycles. The van der Waals surface area contributed by atoms with E-state index in [1.807, 2.05) is 0 Å². The Morgan fingerprint density at radius 2 is 1.61 bits per heavy atom. The van der Waals surface area contributed by atoms with Crippen LogP contribution in [0.2, 0.25) is 0 Å². The van der Waals surface area contributed by atoms with Gasteiger partial charge in [-0.3, -0.25) is 0 Å². The first-order valence-electron chi connectivity index (χ1n) is 11.0. The van der Waals surface area contributed by atoms with E-state index in [-0.39, 0.29) is 56.4 Å². The fourth-order valence-corrected chi connectivity index (χ4v) is 5.80. The maximum absolute atomic E-state index is 4.08. The number of aryl methyl sites for hydroxylation is 1. The molecule has 2 aliphatic carbocycles. The molecule has 0 spiro atoms. The summed E-state index contributed by atoms with van der Waals surface area (Å²) in [5.74, 6) is 0.303. The molecule has 2 unspecified atom stereocenters. The topological polar surface area (TPSA) is 0 Å². The number of hydrogen-bond donors (Lipinski definition) is 0. The molecule has 0 N–H and O–H groups in total. The summed E-state index contributed by atoms with van der Waals surface area (Å²) < 4.78 is 0. The quantitative estimate of drug-likeness (QED) is 0.412. The summed E-state index contributed by atoms with van der Waals surface area (Å²) >= 11 is 0. The average Bonchev–Trinajstić information content (AvgIpc) is 3.43. The van der Waals surface area contributed by atoms with E-state index in [0.717, 1.165) is 19.3 Å². The van der Waals surface area contributed by atoms with E-state index in [4.69, 9.17) is 0 Å². The van der Waals surface area contributed by atoms with Crippen molar-refractivity contribution < 1.29 is 51.0 Å². The third kappa shape index (κ3) is 4.53. The summed E-state index contributed by atoms with van der Waals surface area (Å²) in [5, 5.41) is 0. The van der Waals surface area contributed by atoms with Gasteiger partial charge in [0.1, 0.15) is 0 Å². The predicted molar refractivity (Wildman–Crippen MR) is 128 cm³/mol. The summed E-state index contributed by atoms with van der Waals surface area (Å²) in [6, 6.07) is 27.1. The van der Waals surface area contributed by atoms with Crippen LogP contribution in [0.25, 0.3) is 11.1 Å². The minimum absolute atomic E-state index is 0. The van der Waals surface area contributed by atoms with Gasteiger partial charge in [-0.25, -0.2) is 0 Å². The van der Waals surface area contributed by atoms with E-state index in [9.17, 15) is 0 Å². The average molecular weight is 551 g/mol. The van der Waals surface area contributed by atoms with E-state index >= 15 is 0 Å². The van der Waals surface area contributed by atoms with Crippen LogP contribution in [0.5, 0.6) is 0 Å². The number of allylic oxidation sites excluding steroid dienone is 5. The van der Waals surface area contributed by atoms with Crippen LogP contribution in [-0.2, 0) is 31.6 Å². The van der Waals surface area contributed by atoms with E-state index < -0.39 is 0 Å². The second-order valence-electron chi connectivity index (χ2n) is 8.55. The molecule has 2 aliphatic rings. The Balaban J connectivity index is 0.00000128. The standard InChI is InChI=1S/C30H28.2ClH.Zr/c1-3-4-21-30(24-16-8-9-17-24,23-14-6-5-7-15-23)29-26-19-11-10-18-25(26)28-22(2)13-12-20-27(28)29;;;/h3,5-16,18-20,29H,1,4,17,21H2,2H3;2*1H;/q;;;+2/p-2. The predicted octanol–water partition coefficient (Wildman–Crippen LogP) is 1.90. The molecule has 0 radical (unpaired) electrons. The van der Waals surface area contributed by atoms with Crippen LogP contribution in [0, 0.1) is 6.92 Å². The van der Waals surface area contributed by atoms with Crippen molar-refractivity contribution >= 4 is 0 Å². The minimum Gasteiger partial charge on any atom is -1.00 e. The molecule has 0 nitrogen and oxygen atoms in total. The summed E-state index contributed by atoms with van der Waals surface area (Å²) in [6.45, 7) is 6.33. The SMILES string of the molecule is C=CCCC(C1=CC=CC1)(c1ccccc1)C1c2ccccc2-c2c(C)cccc21.[Cl-].[Cl-].[Zr+2].